The molecule has 0 amide bonds. The van der Waals surface area contributed by atoms with Gasteiger partial charge in [0.1, 0.15) is 22.7 Å². The molecule has 0 saturated heterocycles. The third-order valence-electron chi connectivity index (χ3n) is 11.3. The SMILES string of the molecule is C1=CC(N(c2ccc(-c3ccccc3)cc2)c2ccc(-c3cccc4oc5cc(-c6ccccc6)c6ccccc6c5c34)cc2)C2C(=C1)Oc1ccccc12. The summed E-state index contributed by atoms with van der Waals surface area (Å²) in [6.45, 7) is 0. The van der Waals surface area contributed by atoms with Crippen molar-refractivity contribution in [3.8, 4) is 39.1 Å². The summed E-state index contributed by atoms with van der Waals surface area (Å²) >= 11 is 0. The van der Waals surface area contributed by atoms with Crippen molar-refractivity contribution in [2.24, 2.45) is 0 Å². The summed E-state index contributed by atoms with van der Waals surface area (Å²) in [6, 6.07) is 64.9. The average molecular weight is 706 g/mol. The fourth-order valence-corrected chi connectivity index (χ4v) is 8.79. The van der Waals surface area contributed by atoms with Crippen molar-refractivity contribution >= 4 is 44.1 Å². The molecule has 2 aliphatic rings. The quantitative estimate of drug-likeness (QED) is 0.172. The van der Waals surface area contributed by atoms with Gasteiger partial charge < -0.3 is 14.1 Å². The van der Waals surface area contributed by atoms with Crippen LogP contribution in [0.25, 0.3) is 66.1 Å². The van der Waals surface area contributed by atoms with E-state index in [4.69, 9.17) is 9.15 Å². The lowest BCUT2D eigenvalue weighted by molar-refractivity contribution is 0.415. The molecule has 0 spiro atoms. The lowest BCUT2D eigenvalue weighted by Crippen LogP contribution is -2.36. The van der Waals surface area contributed by atoms with Crippen molar-refractivity contribution in [3.05, 3.63) is 212 Å². The topological polar surface area (TPSA) is 25.6 Å². The largest absolute Gasteiger partial charge is 0.461 e. The molecule has 1 aliphatic heterocycles. The van der Waals surface area contributed by atoms with Crippen LogP contribution in [0.1, 0.15) is 11.5 Å². The first-order valence-electron chi connectivity index (χ1n) is 18.9. The molecule has 0 saturated carbocycles. The van der Waals surface area contributed by atoms with Crippen molar-refractivity contribution < 1.29 is 9.15 Å². The second kappa shape index (κ2) is 12.8. The molecule has 3 heteroatoms. The second-order valence-electron chi connectivity index (χ2n) is 14.4. The van der Waals surface area contributed by atoms with E-state index in [1.54, 1.807) is 0 Å². The molecule has 8 aromatic carbocycles. The second-order valence-corrected chi connectivity index (χ2v) is 14.4. The minimum absolute atomic E-state index is 0.00324. The predicted octanol–water partition coefficient (Wildman–Crippen LogP) is 13.9. The summed E-state index contributed by atoms with van der Waals surface area (Å²) in [5, 5.41) is 4.70. The van der Waals surface area contributed by atoms with Gasteiger partial charge in [-0.3, -0.25) is 0 Å². The van der Waals surface area contributed by atoms with Crippen LogP contribution in [0.2, 0.25) is 0 Å². The zero-order valence-electron chi connectivity index (χ0n) is 30.0. The molecule has 9 aromatic rings. The zero-order valence-corrected chi connectivity index (χ0v) is 30.0. The van der Waals surface area contributed by atoms with Crippen LogP contribution in [0.3, 0.4) is 0 Å². The van der Waals surface area contributed by atoms with Gasteiger partial charge in [-0.1, -0.05) is 152 Å². The van der Waals surface area contributed by atoms with Crippen LogP contribution >= 0.6 is 0 Å². The molecule has 260 valence electrons. The van der Waals surface area contributed by atoms with Gasteiger partial charge in [-0.25, -0.2) is 0 Å². The first-order valence-corrected chi connectivity index (χ1v) is 18.9. The number of allylic oxidation sites excluding steroid dienone is 2. The van der Waals surface area contributed by atoms with Gasteiger partial charge >= 0.3 is 0 Å². The molecular formula is C52H35NO2. The average Bonchev–Trinajstić information content (AvgIpc) is 3.84. The minimum Gasteiger partial charge on any atom is -0.461 e. The van der Waals surface area contributed by atoms with Crippen molar-refractivity contribution in [2.75, 3.05) is 4.90 Å². The van der Waals surface area contributed by atoms with Crippen LogP contribution in [-0.2, 0) is 0 Å². The van der Waals surface area contributed by atoms with E-state index in [1.165, 1.54) is 38.6 Å². The summed E-state index contributed by atoms with van der Waals surface area (Å²) in [6.07, 6.45) is 6.56. The maximum Gasteiger partial charge on any atom is 0.136 e. The Morgan fingerprint density at radius 3 is 1.84 bits per heavy atom. The van der Waals surface area contributed by atoms with Gasteiger partial charge in [0.05, 0.1) is 12.0 Å². The first-order chi connectivity index (χ1) is 27.3. The molecular weight excluding hydrogens is 671 g/mol. The number of hydrogen-bond acceptors (Lipinski definition) is 3. The van der Waals surface area contributed by atoms with Crippen LogP contribution in [0.4, 0.5) is 11.4 Å². The number of rotatable bonds is 6. The number of hydrogen-bond donors (Lipinski definition) is 0. The normalized spacial score (nSPS) is 15.8. The molecule has 1 aromatic heterocycles. The van der Waals surface area contributed by atoms with Gasteiger partial charge in [0.15, 0.2) is 0 Å². The molecule has 11 rings (SSSR count). The minimum atomic E-state index is 0.00324. The smallest absolute Gasteiger partial charge is 0.136 e. The van der Waals surface area contributed by atoms with E-state index in [1.807, 2.05) is 6.07 Å². The third kappa shape index (κ3) is 5.20. The number of para-hydroxylation sites is 1. The Kier molecular flexibility index (Phi) is 7.31. The van der Waals surface area contributed by atoms with Gasteiger partial charge in [0, 0.05) is 27.7 Å². The van der Waals surface area contributed by atoms with E-state index in [-0.39, 0.29) is 12.0 Å². The van der Waals surface area contributed by atoms with Gasteiger partial charge in [-0.05, 0) is 92.7 Å². The Labute approximate surface area is 319 Å². The fourth-order valence-electron chi connectivity index (χ4n) is 8.79. The molecule has 2 atom stereocenters. The molecule has 1 aliphatic carbocycles. The van der Waals surface area contributed by atoms with E-state index in [9.17, 15) is 0 Å². The van der Waals surface area contributed by atoms with E-state index in [0.717, 1.165) is 55.9 Å². The molecule has 2 heterocycles. The van der Waals surface area contributed by atoms with Gasteiger partial charge in [-0.15, -0.1) is 0 Å². The Morgan fingerprint density at radius 2 is 1.07 bits per heavy atom. The summed E-state index contributed by atoms with van der Waals surface area (Å²) in [4.78, 5) is 2.46. The zero-order chi connectivity index (χ0) is 36.3. The number of benzene rings is 8. The predicted molar refractivity (Wildman–Crippen MR) is 227 cm³/mol. The number of nitrogens with zero attached hydrogens (tertiary/aromatic N) is 1. The van der Waals surface area contributed by atoms with Crippen molar-refractivity contribution in [1.29, 1.82) is 0 Å². The number of furan rings is 1. The summed E-state index contributed by atoms with van der Waals surface area (Å²) in [5.41, 5.74) is 12.3. The lowest BCUT2D eigenvalue weighted by atomic mass is 9.86. The number of anilines is 2. The third-order valence-corrected chi connectivity index (χ3v) is 11.3. The molecule has 0 fully saturated rings. The maximum absolute atomic E-state index is 6.66. The van der Waals surface area contributed by atoms with Crippen molar-refractivity contribution in [3.63, 3.8) is 0 Å². The van der Waals surface area contributed by atoms with Crippen LogP contribution < -0.4 is 9.64 Å². The highest BCUT2D eigenvalue weighted by atomic mass is 16.5. The van der Waals surface area contributed by atoms with Gasteiger partial charge in [0.25, 0.3) is 0 Å². The van der Waals surface area contributed by atoms with Crippen LogP contribution in [-0.4, -0.2) is 6.04 Å². The Balaban J connectivity index is 1.04. The Morgan fingerprint density at radius 1 is 0.455 bits per heavy atom. The highest BCUT2D eigenvalue weighted by Gasteiger charge is 2.39. The highest BCUT2D eigenvalue weighted by Crippen LogP contribution is 2.49. The van der Waals surface area contributed by atoms with Crippen LogP contribution in [0.5, 0.6) is 5.75 Å². The van der Waals surface area contributed by atoms with Crippen LogP contribution in [0.15, 0.2) is 210 Å². The first kappa shape index (κ1) is 31.4. The standard InChI is InChI=1S/C52H35NO2/c1-3-13-34(14-4-1)35-25-29-38(30-26-35)53(45-21-12-24-47-50(45)43-19-9-10-22-46(43)54-47)39-31-27-37(28-32-39)40-20-11-23-48-51(40)52-42-18-8-7-17-41(42)44(33-49(52)55-48)36-15-5-2-6-16-36/h1-33,45,50H. The maximum atomic E-state index is 6.66. The van der Waals surface area contributed by atoms with Crippen molar-refractivity contribution in [1.82, 2.24) is 0 Å². The number of ether oxygens (including phenoxy) is 1. The fraction of sp³-hybridized carbons (Fsp3) is 0.0385. The van der Waals surface area contributed by atoms with Gasteiger partial charge in [-0.2, -0.15) is 0 Å². The molecule has 0 radical (unpaired) electrons. The molecule has 3 nitrogen and oxygen atoms in total. The van der Waals surface area contributed by atoms with E-state index < -0.39 is 0 Å². The summed E-state index contributed by atoms with van der Waals surface area (Å²) in [5.74, 6) is 1.98. The van der Waals surface area contributed by atoms with E-state index >= 15 is 0 Å². The molecule has 2 unspecified atom stereocenters. The monoisotopic (exact) mass is 705 g/mol. The van der Waals surface area contributed by atoms with Crippen LogP contribution in [0, 0.1) is 0 Å². The molecule has 0 bridgehead atoms. The lowest BCUT2D eigenvalue weighted by Gasteiger charge is -2.37. The Hall–Kier alpha value is -7.10. The summed E-state index contributed by atoms with van der Waals surface area (Å²) < 4.78 is 13.1. The Bertz CT molecular complexity index is 2940. The summed E-state index contributed by atoms with van der Waals surface area (Å²) in [7, 11) is 0. The van der Waals surface area contributed by atoms with Crippen molar-refractivity contribution in [2.45, 2.75) is 12.0 Å². The molecule has 0 N–H and O–H groups in total. The highest BCUT2D eigenvalue weighted by molar-refractivity contribution is 6.25. The molecule has 55 heavy (non-hydrogen) atoms. The van der Waals surface area contributed by atoms with E-state index in [2.05, 4.69) is 199 Å². The van der Waals surface area contributed by atoms with E-state index in [0.29, 0.717) is 0 Å². The number of fused-ring (bicyclic) bond motifs is 8. The van der Waals surface area contributed by atoms with Gasteiger partial charge in [0.2, 0.25) is 0 Å².